The number of carbonyl (C=O) groups is 1. The van der Waals surface area contributed by atoms with E-state index in [0.29, 0.717) is 19.2 Å². The number of β-amino-alcohol motifs (C(OH)–C–C–N with tert-alkyl or cyclic N) is 1. The first-order valence-corrected chi connectivity index (χ1v) is 9.31. The number of hydrogen-bond donors (Lipinski definition) is 1. The van der Waals surface area contributed by atoms with Crippen LogP contribution in [-0.2, 0) is 0 Å². The Morgan fingerprint density at radius 2 is 1.88 bits per heavy atom. The highest BCUT2D eigenvalue weighted by Crippen LogP contribution is 2.21. The standard InChI is InChI=1S/C19H29N3O3/c1-2-21-12-13-22(19(21)24)16-8-10-20(11-9-16)14-17(23)15-25-18-6-4-3-5-7-18/h3-7,16-17,23H,2,8-15H2,1H3. The average Bonchev–Trinajstić information content (AvgIpc) is 3.02. The fourth-order valence-corrected chi connectivity index (χ4v) is 3.71. The van der Waals surface area contributed by atoms with Crippen molar-refractivity contribution in [2.24, 2.45) is 0 Å². The lowest BCUT2D eigenvalue weighted by Crippen LogP contribution is -2.48. The lowest BCUT2D eigenvalue weighted by molar-refractivity contribution is 0.0505. The van der Waals surface area contributed by atoms with E-state index in [1.54, 1.807) is 0 Å². The predicted octanol–water partition coefficient (Wildman–Crippen LogP) is 1.65. The molecule has 0 radical (unpaired) electrons. The molecule has 2 fully saturated rings. The Bertz CT molecular complexity index is 546. The second-order valence-electron chi connectivity index (χ2n) is 6.87. The van der Waals surface area contributed by atoms with Crippen molar-refractivity contribution in [3.05, 3.63) is 30.3 Å². The third-order valence-electron chi connectivity index (χ3n) is 5.16. The van der Waals surface area contributed by atoms with E-state index >= 15 is 0 Å². The van der Waals surface area contributed by atoms with Crippen LogP contribution in [0, 0.1) is 0 Å². The smallest absolute Gasteiger partial charge is 0.320 e. The zero-order valence-electron chi connectivity index (χ0n) is 15.0. The van der Waals surface area contributed by atoms with Crippen molar-refractivity contribution in [1.29, 1.82) is 0 Å². The Morgan fingerprint density at radius 1 is 1.16 bits per heavy atom. The molecule has 1 atom stereocenters. The minimum atomic E-state index is -0.499. The molecule has 1 aromatic rings. The van der Waals surface area contributed by atoms with Crippen LogP contribution in [0.3, 0.4) is 0 Å². The van der Waals surface area contributed by atoms with Gasteiger partial charge < -0.3 is 24.5 Å². The first-order chi connectivity index (χ1) is 12.2. The number of nitrogens with zero attached hydrogens (tertiary/aromatic N) is 3. The van der Waals surface area contributed by atoms with Crippen molar-refractivity contribution >= 4 is 6.03 Å². The molecule has 0 bridgehead atoms. The summed E-state index contributed by atoms with van der Waals surface area (Å²) >= 11 is 0. The molecule has 1 aromatic carbocycles. The fourth-order valence-electron chi connectivity index (χ4n) is 3.71. The van der Waals surface area contributed by atoms with Gasteiger partial charge in [0.05, 0.1) is 0 Å². The highest BCUT2D eigenvalue weighted by Gasteiger charge is 2.34. The predicted molar refractivity (Wildman–Crippen MR) is 96.8 cm³/mol. The summed E-state index contributed by atoms with van der Waals surface area (Å²) in [7, 11) is 0. The number of likely N-dealkylation sites (tertiary alicyclic amines) is 1. The first kappa shape index (κ1) is 18.0. The third kappa shape index (κ3) is 4.64. The van der Waals surface area contributed by atoms with Gasteiger partial charge in [0.2, 0.25) is 0 Å². The number of benzene rings is 1. The van der Waals surface area contributed by atoms with Gasteiger partial charge in [-0.05, 0) is 31.9 Å². The van der Waals surface area contributed by atoms with Crippen LogP contribution in [0.15, 0.2) is 30.3 Å². The molecule has 2 aliphatic heterocycles. The quantitative estimate of drug-likeness (QED) is 0.815. The summed E-state index contributed by atoms with van der Waals surface area (Å²) in [5.74, 6) is 0.785. The topological polar surface area (TPSA) is 56.3 Å². The summed E-state index contributed by atoms with van der Waals surface area (Å²) in [5.41, 5.74) is 0. The number of aliphatic hydroxyl groups excluding tert-OH is 1. The van der Waals surface area contributed by atoms with Crippen LogP contribution >= 0.6 is 0 Å². The number of urea groups is 1. The SMILES string of the molecule is CCN1CCN(C2CCN(CC(O)COc3ccccc3)CC2)C1=O. The van der Waals surface area contributed by atoms with Crippen molar-refractivity contribution in [1.82, 2.24) is 14.7 Å². The molecular formula is C19H29N3O3. The van der Waals surface area contributed by atoms with Crippen molar-refractivity contribution in [3.8, 4) is 5.75 Å². The van der Waals surface area contributed by atoms with Gasteiger partial charge in [-0.15, -0.1) is 0 Å². The number of ether oxygens (including phenoxy) is 1. The van der Waals surface area contributed by atoms with Gasteiger partial charge in [-0.2, -0.15) is 0 Å². The molecule has 2 heterocycles. The zero-order chi connectivity index (χ0) is 17.6. The molecule has 2 aliphatic rings. The van der Waals surface area contributed by atoms with E-state index in [9.17, 15) is 9.90 Å². The van der Waals surface area contributed by atoms with Gasteiger partial charge in [0.15, 0.2) is 0 Å². The summed E-state index contributed by atoms with van der Waals surface area (Å²) in [6, 6.07) is 10.1. The van der Waals surface area contributed by atoms with Gasteiger partial charge in [-0.25, -0.2) is 4.79 Å². The molecule has 6 heteroatoms. The molecule has 2 amide bonds. The van der Waals surface area contributed by atoms with Crippen LogP contribution in [-0.4, -0.2) is 83.9 Å². The average molecular weight is 347 g/mol. The van der Waals surface area contributed by atoms with Crippen molar-refractivity contribution in [2.75, 3.05) is 45.9 Å². The van der Waals surface area contributed by atoms with Gasteiger partial charge in [0.25, 0.3) is 0 Å². The van der Waals surface area contributed by atoms with Gasteiger partial charge in [-0.1, -0.05) is 18.2 Å². The molecule has 2 saturated heterocycles. The second kappa shape index (κ2) is 8.54. The fraction of sp³-hybridized carbons (Fsp3) is 0.632. The van der Waals surface area contributed by atoms with Crippen LogP contribution < -0.4 is 4.74 Å². The molecule has 25 heavy (non-hydrogen) atoms. The van der Waals surface area contributed by atoms with E-state index in [-0.39, 0.29) is 6.03 Å². The zero-order valence-corrected chi connectivity index (χ0v) is 15.0. The van der Waals surface area contributed by atoms with Gasteiger partial charge >= 0.3 is 6.03 Å². The molecule has 6 nitrogen and oxygen atoms in total. The van der Waals surface area contributed by atoms with E-state index in [1.165, 1.54) is 0 Å². The maximum absolute atomic E-state index is 12.3. The Morgan fingerprint density at radius 3 is 2.52 bits per heavy atom. The van der Waals surface area contributed by atoms with Crippen LogP contribution in [0.4, 0.5) is 4.79 Å². The molecule has 0 spiro atoms. The number of hydrogen-bond acceptors (Lipinski definition) is 4. The molecule has 0 aliphatic carbocycles. The number of aliphatic hydroxyl groups is 1. The molecule has 138 valence electrons. The maximum Gasteiger partial charge on any atom is 0.320 e. The Balaban J connectivity index is 1.38. The van der Waals surface area contributed by atoms with E-state index in [1.807, 2.05) is 47.1 Å². The lowest BCUT2D eigenvalue weighted by atomic mass is 10.0. The lowest BCUT2D eigenvalue weighted by Gasteiger charge is -2.37. The summed E-state index contributed by atoms with van der Waals surface area (Å²) in [6.45, 7) is 7.29. The second-order valence-corrected chi connectivity index (χ2v) is 6.87. The largest absolute Gasteiger partial charge is 0.491 e. The van der Waals surface area contributed by atoms with Crippen LogP contribution in [0.5, 0.6) is 5.75 Å². The minimum Gasteiger partial charge on any atom is -0.491 e. The molecule has 3 rings (SSSR count). The number of carbonyl (C=O) groups excluding carboxylic acids is 1. The Hall–Kier alpha value is -1.79. The molecule has 0 aromatic heterocycles. The minimum absolute atomic E-state index is 0.192. The van der Waals surface area contributed by atoms with Crippen molar-refractivity contribution in [2.45, 2.75) is 31.9 Å². The van der Waals surface area contributed by atoms with Gasteiger partial charge in [-0.3, -0.25) is 0 Å². The molecule has 0 saturated carbocycles. The summed E-state index contributed by atoms with van der Waals surface area (Å²) in [5, 5.41) is 10.2. The van der Waals surface area contributed by atoms with E-state index in [0.717, 1.165) is 51.3 Å². The maximum atomic E-state index is 12.3. The highest BCUT2D eigenvalue weighted by atomic mass is 16.5. The van der Waals surface area contributed by atoms with Crippen molar-refractivity contribution in [3.63, 3.8) is 0 Å². The number of likely N-dealkylation sites (N-methyl/N-ethyl adjacent to an activating group) is 1. The van der Waals surface area contributed by atoms with Crippen molar-refractivity contribution < 1.29 is 14.6 Å². The third-order valence-corrected chi connectivity index (χ3v) is 5.16. The van der Waals surface area contributed by atoms with Crippen LogP contribution in [0.25, 0.3) is 0 Å². The summed E-state index contributed by atoms with van der Waals surface area (Å²) < 4.78 is 5.61. The molecule has 1 unspecified atom stereocenters. The summed E-state index contributed by atoms with van der Waals surface area (Å²) in [6.07, 6.45) is 1.46. The summed E-state index contributed by atoms with van der Waals surface area (Å²) in [4.78, 5) is 18.5. The number of piperidine rings is 1. The Kier molecular flexibility index (Phi) is 6.15. The number of amides is 2. The van der Waals surface area contributed by atoms with Crippen LogP contribution in [0.1, 0.15) is 19.8 Å². The highest BCUT2D eigenvalue weighted by molar-refractivity contribution is 5.76. The monoisotopic (exact) mass is 347 g/mol. The Labute approximate surface area is 150 Å². The first-order valence-electron chi connectivity index (χ1n) is 9.31. The van der Waals surface area contributed by atoms with Crippen LogP contribution in [0.2, 0.25) is 0 Å². The normalized spacial score (nSPS) is 21.0. The van der Waals surface area contributed by atoms with E-state index in [2.05, 4.69) is 4.90 Å². The van der Waals surface area contributed by atoms with E-state index in [4.69, 9.17) is 4.74 Å². The molecule has 1 N–H and O–H groups in total. The molecular weight excluding hydrogens is 318 g/mol. The number of rotatable bonds is 7. The van der Waals surface area contributed by atoms with Gasteiger partial charge in [0, 0.05) is 45.3 Å². The van der Waals surface area contributed by atoms with E-state index < -0.39 is 6.10 Å². The number of para-hydroxylation sites is 1. The van der Waals surface area contributed by atoms with Gasteiger partial charge in [0.1, 0.15) is 18.5 Å².